The SMILES string of the molecule is COc1ccc([C@@H]2/C(=C(\O)c3ccc4c(c3)OCCO4)C(=O)C(=O)N2c2nc(C)c(C(C)=O)s2)cc1. The number of methoxy groups -OCH3 is 1. The molecule has 1 aromatic heterocycles. The van der Waals surface area contributed by atoms with Crippen molar-refractivity contribution in [1.29, 1.82) is 0 Å². The van der Waals surface area contributed by atoms with Gasteiger partial charge in [0.25, 0.3) is 5.78 Å². The smallest absolute Gasteiger partial charge is 0.301 e. The molecule has 1 fully saturated rings. The monoisotopic (exact) mass is 506 g/mol. The number of Topliss-reactive ketones (excluding diaryl/α,β-unsaturated/α-hetero) is 2. The summed E-state index contributed by atoms with van der Waals surface area (Å²) >= 11 is 1.03. The molecule has 5 rings (SSSR count). The minimum absolute atomic E-state index is 0.0981. The van der Waals surface area contributed by atoms with Crippen LogP contribution < -0.4 is 19.1 Å². The summed E-state index contributed by atoms with van der Waals surface area (Å²) in [5, 5.41) is 11.5. The van der Waals surface area contributed by atoms with Gasteiger partial charge in [-0.25, -0.2) is 4.98 Å². The highest BCUT2D eigenvalue weighted by molar-refractivity contribution is 7.18. The molecule has 36 heavy (non-hydrogen) atoms. The largest absolute Gasteiger partial charge is 0.507 e. The second-order valence-electron chi connectivity index (χ2n) is 8.27. The van der Waals surface area contributed by atoms with Gasteiger partial charge in [0.1, 0.15) is 24.7 Å². The molecule has 0 saturated carbocycles. The van der Waals surface area contributed by atoms with Crippen molar-refractivity contribution in [3.05, 3.63) is 69.7 Å². The Morgan fingerprint density at radius 1 is 1.11 bits per heavy atom. The molecule has 1 N–H and O–H groups in total. The maximum absolute atomic E-state index is 13.3. The Morgan fingerprint density at radius 2 is 1.81 bits per heavy atom. The predicted molar refractivity (Wildman–Crippen MR) is 132 cm³/mol. The number of hydrogen-bond donors (Lipinski definition) is 1. The molecule has 3 heterocycles. The fourth-order valence-corrected chi connectivity index (χ4v) is 5.28. The first-order valence-electron chi connectivity index (χ1n) is 11.1. The van der Waals surface area contributed by atoms with Crippen LogP contribution in [0.25, 0.3) is 5.76 Å². The van der Waals surface area contributed by atoms with E-state index in [0.29, 0.717) is 52.2 Å². The van der Waals surface area contributed by atoms with Crippen LogP contribution in [-0.2, 0) is 9.59 Å². The van der Waals surface area contributed by atoms with Crippen molar-refractivity contribution in [2.75, 3.05) is 25.2 Å². The van der Waals surface area contributed by atoms with Gasteiger partial charge in [-0.2, -0.15) is 0 Å². The van der Waals surface area contributed by atoms with Crippen LogP contribution in [-0.4, -0.2) is 47.9 Å². The van der Waals surface area contributed by atoms with Gasteiger partial charge in [0, 0.05) is 12.5 Å². The third-order valence-corrected chi connectivity index (χ3v) is 7.26. The van der Waals surface area contributed by atoms with E-state index in [0.717, 1.165) is 11.3 Å². The number of hydrogen-bond acceptors (Lipinski definition) is 9. The van der Waals surface area contributed by atoms with Crippen molar-refractivity contribution in [2.24, 2.45) is 0 Å². The maximum atomic E-state index is 13.3. The zero-order chi connectivity index (χ0) is 25.6. The number of aryl methyl sites for hydroxylation is 1. The number of anilines is 1. The van der Waals surface area contributed by atoms with E-state index < -0.39 is 17.7 Å². The average Bonchev–Trinajstić information content (AvgIpc) is 3.40. The van der Waals surface area contributed by atoms with Crippen molar-refractivity contribution >= 4 is 39.7 Å². The minimum atomic E-state index is -0.977. The van der Waals surface area contributed by atoms with Gasteiger partial charge in [-0.05, 0) is 42.8 Å². The lowest BCUT2D eigenvalue weighted by Crippen LogP contribution is -2.29. The van der Waals surface area contributed by atoms with E-state index in [-0.39, 0.29) is 22.2 Å². The number of ether oxygens (including phenoxy) is 3. The van der Waals surface area contributed by atoms with Crippen LogP contribution in [0.1, 0.15) is 39.5 Å². The third-order valence-electron chi connectivity index (χ3n) is 6.00. The fraction of sp³-hybridized carbons (Fsp3) is 0.231. The molecule has 0 bridgehead atoms. The normalized spacial score (nSPS) is 18.4. The lowest BCUT2D eigenvalue weighted by molar-refractivity contribution is -0.132. The minimum Gasteiger partial charge on any atom is -0.507 e. The number of rotatable bonds is 5. The van der Waals surface area contributed by atoms with E-state index >= 15 is 0 Å². The zero-order valence-corrected chi connectivity index (χ0v) is 20.5. The molecule has 1 saturated heterocycles. The molecule has 0 aliphatic carbocycles. The molecule has 1 amide bonds. The van der Waals surface area contributed by atoms with Crippen molar-refractivity contribution < 1.29 is 33.7 Å². The number of carbonyl (C=O) groups excluding carboxylic acids is 3. The second-order valence-corrected chi connectivity index (χ2v) is 9.25. The second kappa shape index (κ2) is 9.12. The Morgan fingerprint density at radius 3 is 2.44 bits per heavy atom. The summed E-state index contributed by atoms with van der Waals surface area (Å²) in [6, 6.07) is 10.7. The molecule has 2 aliphatic rings. The van der Waals surface area contributed by atoms with Crippen molar-refractivity contribution in [3.8, 4) is 17.2 Å². The Bertz CT molecular complexity index is 1420. The Balaban J connectivity index is 1.69. The Labute approximate surface area is 210 Å². The van der Waals surface area contributed by atoms with Crippen molar-refractivity contribution in [3.63, 3.8) is 0 Å². The van der Waals surface area contributed by atoms with Crippen LogP contribution in [0.5, 0.6) is 17.2 Å². The molecular formula is C26H22N2O7S. The number of benzene rings is 2. The van der Waals surface area contributed by atoms with Crippen LogP contribution >= 0.6 is 11.3 Å². The summed E-state index contributed by atoms with van der Waals surface area (Å²) in [4.78, 5) is 44.8. The molecule has 2 aliphatic heterocycles. The molecule has 0 radical (unpaired) electrons. The standard InChI is InChI=1S/C26H22N2O7S/c1-13-24(14(2)29)36-26(27-13)28-21(15-4-7-17(33-3)8-5-15)20(23(31)25(28)32)22(30)16-6-9-18-19(12-16)35-11-10-34-18/h4-9,12,21,30H,10-11H2,1-3H3/b22-20+/t21-/m1/s1. The van der Waals surface area contributed by atoms with E-state index in [1.165, 1.54) is 18.9 Å². The summed E-state index contributed by atoms with van der Waals surface area (Å²) in [7, 11) is 1.53. The number of aliphatic hydroxyl groups is 1. The van der Waals surface area contributed by atoms with Gasteiger partial charge in [-0.1, -0.05) is 23.5 Å². The Hall–Kier alpha value is -4.18. The van der Waals surface area contributed by atoms with Crippen LogP contribution in [0.2, 0.25) is 0 Å². The predicted octanol–water partition coefficient (Wildman–Crippen LogP) is 4.06. The van der Waals surface area contributed by atoms with Crippen molar-refractivity contribution in [1.82, 2.24) is 4.98 Å². The number of ketones is 2. The highest BCUT2D eigenvalue weighted by atomic mass is 32.1. The quantitative estimate of drug-likeness (QED) is 0.238. The Kier molecular flexibility index (Phi) is 5.97. The van der Waals surface area contributed by atoms with Gasteiger partial charge in [-0.15, -0.1) is 0 Å². The van der Waals surface area contributed by atoms with E-state index in [4.69, 9.17) is 14.2 Å². The van der Waals surface area contributed by atoms with Gasteiger partial charge >= 0.3 is 5.91 Å². The molecule has 1 atom stereocenters. The number of fused-ring (bicyclic) bond motifs is 1. The maximum Gasteiger partial charge on any atom is 0.301 e. The van der Waals surface area contributed by atoms with E-state index in [1.54, 1.807) is 49.4 Å². The number of amides is 1. The summed E-state index contributed by atoms with van der Waals surface area (Å²) in [6.45, 7) is 3.86. The van der Waals surface area contributed by atoms with Gasteiger partial charge in [0.15, 0.2) is 22.4 Å². The summed E-state index contributed by atoms with van der Waals surface area (Å²) < 4.78 is 16.4. The number of carbonyl (C=O) groups is 3. The summed E-state index contributed by atoms with van der Waals surface area (Å²) in [5.74, 6) is -0.702. The summed E-state index contributed by atoms with van der Waals surface area (Å²) in [5.41, 5.74) is 1.23. The molecule has 2 aromatic carbocycles. The molecule has 9 nitrogen and oxygen atoms in total. The van der Waals surface area contributed by atoms with Crippen LogP contribution in [0.4, 0.5) is 5.13 Å². The zero-order valence-electron chi connectivity index (χ0n) is 19.7. The third kappa shape index (κ3) is 3.89. The number of aromatic nitrogens is 1. The lowest BCUT2D eigenvalue weighted by Gasteiger charge is -2.23. The van der Waals surface area contributed by atoms with Crippen LogP contribution in [0, 0.1) is 6.92 Å². The first-order chi connectivity index (χ1) is 17.3. The van der Waals surface area contributed by atoms with Crippen LogP contribution in [0.3, 0.4) is 0 Å². The number of aliphatic hydroxyl groups excluding tert-OH is 1. The average molecular weight is 507 g/mol. The molecule has 3 aromatic rings. The van der Waals surface area contributed by atoms with E-state index in [9.17, 15) is 19.5 Å². The first-order valence-corrected chi connectivity index (χ1v) is 11.9. The molecule has 10 heteroatoms. The summed E-state index contributed by atoms with van der Waals surface area (Å²) in [6.07, 6.45) is 0. The topological polar surface area (TPSA) is 115 Å². The molecule has 184 valence electrons. The van der Waals surface area contributed by atoms with Crippen LogP contribution in [0.15, 0.2) is 48.0 Å². The van der Waals surface area contributed by atoms with E-state index in [1.807, 2.05) is 0 Å². The molecule has 0 spiro atoms. The lowest BCUT2D eigenvalue weighted by atomic mass is 9.95. The highest BCUT2D eigenvalue weighted by Crippen LogP contribution is 2.45. The van der Waals surface area contributed by atoms with Gasteiger partial charge in [-0.3, -0.25) is 19.3 Å². The highest BCUT2D eigenvalue weighted by Gasteiger charge is 2.48. The number of nitrogens with zero attached hydrogens (tertiary/aromatic N) is 2. The fourth-order valence-electron chi connectivity index (χ4n) is 4.29. The van der Waals surface area contributed by atoms with Crippen molar-refractivity contribution in [2.45, 2.75) is 19.9 Å². The molecule has 0 unspecified atom stereocenters. The van der Waals surface area contributed by atoms with Gasteiger partial charge < -0.3 is 19.3 Å². The van der Waals surface area contributed by atoms with Gasteiger partial charge in [0.05, 0.1) is 29.3 Å². The van der Waals surface area contributed by atoms with E-state index in [2.05, 4.69) is 4.98 Å². The van der Waals surface area contributed by atoms with Gasteiger partial charge in [0.2, 0.25) is 0 Å². The molecular weight excluding hydrogens is 484 g/mol. The number of thiazole rings is 1. The first kappa shape index (κ1) is 23.6.